The van der Waals surface area contributed by atoms with Crippen molar-refractivity contribution in [2.75, 3.05) is 26.4 Å². The number of carbonyl (C=O) groups is 3. The first kappa shape index (κ1) is 74.7. The lowest BCUT2D eigenvalue weighted by Gasteiger charge is -2.21. The predicted molar refractivity (Wildman–Crippen MR) is 325 cm³/mol. The summed E-state index contributed by atoms with van der Waals surface area (Å²) in [6, 6.07) is 0. The van der Waals surface area contributed by atoms with E-state index in [2.05, 4.69) is 106 Å². The maximum Gasteiger partial charge on any atom is 0.472 e. The zero-order chi connectivity index (χ0) is 56.9. The summed E-state index contributed by atoms with van der Waals surface area (Å²) < 4.78 is 39.6. The first-order chi connectivity index (χ1) is 38.2. The molecule has 0 saturated carbocycles. The Kier molecular flexibility index (Phi) is 57.2. The second-order valence-electron chi connectivity index (χ2n) is 20.8. The molecule has 11 nitrogen and oxygen atoms in total. The van der Waals surface area contributed by atoms with Crippen molar-refractivity contribution in [3.8, 4) is 0 Å². The summed E-state index contributed by atoms with van der Waals surface area (Å²) in [5.74, 6) is -1.49. The van der Waals surface area contributed by atoms with Crippen LogP contribution in [-0.2, 0) is 42.2 Å². The second kappa shape index (κ2) is 59.8. The molecule has 0 bridgehead atoms. The molecule has 0 aliphatic heterocycles. The normalized spacial score (nSPS) is 13.9. The Labute approximate surface area is 477 Å². The number of hydrogen-bond acceptors (Lipinski definition) is 10. The zero-order valence-electron chi connectivity index (χ0n) is 49.9. The third-order valence-corrected chi connectivity index (χ3v) is 14.2. The van der Waals surface area contributed by atoms with Crippen molar-refractivity contribution in [2.24, 2.45) is 0 Å². The van der Waals surface area contributed by atoms with Crippen molar-refractivity contribution < 1.29 is 52.2 Å². The fourth-order valence-electron chi connectivity index (χ4n) is 8.49. The maximum absolute atomic E-state index is 12.9. The molecule has 0 fully saturated rings. The molecule has 0 saturated heterocycles. The van der Waals surface area contributed by atoms with Crippen LogP contribution in [0.2, 0.25) is 0 Å². The van der Waals surface area contributed by atoms with Crippen LogP contribution in [0.3, 0.4) is 0 Å². The molecular weight excluding hydrogens is 1000 g/mol. The van der Waals surface area contributed by atoms with Gasteiger partial charge in [-0.1, -0.05) is 228 Å². The van der Waals surface area contributed by atoms with E-state index in [4.69, 9.17) is 23.3 Å². The van der Waals surface area contributed by atoms with E-state index in [1.807, 2.05) is 0 Å². The number of allylic oxidation sites excluding steroid dienone is 14. The van der Waals surface area contributed by atoms with E-state index in [-0.39, 0.29) is 25.9 Å². The molecule has 0 heterocycles. The van der Waals surface area contributed by atoms with Crippen LogP contribution in [0.1, 0.15) is 278 Å². The number of phosphoric ester groups is 1. The molecule has 0 amide bonds. The van der Waals surface area contributed by atoms with Crippen molar-refractivity contribution in [2.45, 2.75) is 290 Å². The van der Waals surface area contributed by atoms with Gasteiger partial charge in [0.2, 0.25) is 0 Å². The van der Waals surface area contributed by atoms with Gasteiger partial charge < -0.3 is 24.2 Å². The number of esters is 3. The average Bonchev–Trinajstić information content (AvgIpc) is 3.43. The summed E-state index contributed by atoms with van der Waals surface area (Å²) in [5, 5.41) is 9.84. The minimum Gasteiger partial charge on any atom is -0.462 e. The minimum absolute atomic E-state index is 0.152. The van der Waals surface area contributed by atoms with Gasteiger partial charge in [-0.2, -0.15) is 0 Å². The van der Waals surface area contributed by atoms with E-state index >= 15 is 0 Å². The first-order valence-electron chi connectivity index (χ1n) is 31.5. The van der Waals surface area contributed by atoms with Crippen LogP contribution >= 0.6 is 7.82 Å². The van der Waals surface area contributed by atoms with Gasteiger partial charge in [-0.05, 0) is 116 Å². The highest BCUT2D eigenvalue weighted by Gasteiger charge is 2.28. The Morgan fingerprint density at radius 2 is 0.667 bits per heavy atom. The van der Waals surface area contributed by atoms with Gasteiger partial charge in [-0.25, -0.2) is 4.57 Å². The van der Waals surface area contributed by atoms with E-state index in [1.165, 1.54) is 83.5 Å². The lowest BCUT2D eigenvalue weighted by molar-refractivity contribution is -0.161. The molecule has 450 valence electrons. The Morgan fingerprint density at radius 3 is 1.03 bits per heavy atom. The van der Waals surface area contributed by atoms with Crippen LogP contribution in [0.4, 0.5) is 0 Å². The summed E-state index contributed by atoms with van der Waals surface area (Å²) >= 11 is 0. The highest BCUT2D eigenvalue weighted by atomic mass is 31.2. The number of ether oxygens (including phenoxy) is 3. The molecule has 0 aromatic carbocycles. The molecule has 3 atom stereocenters. The average molecular weight is 1120 g/mol. The van der Waals surface area contributed by atoms with Crippen molar-refractivity contribution in [1.82, 2.24) is 0 Å². The molecule has 2 N–H and O–H groups in total. The molecule has 0 rings (SSSR count). The van der Waals surface area contributed by atoms with Crippen LogP contribution in [0.25, 0.3) is 0 Å². The highest BCUT2D eigenvalue weighted by Crippen LogP contribution is 2.43. The maximum atomic E-state index is 12.9. The van der Waals surface area contributed by atoms with Crippen molar-refractivity contribution in [3.63, 3.8) is 0 Å². The number of aliphatic hydroxyl groups is 1. The third kappa shape index (κ3) is 57.3. The van der Waals surface area contributed by atoms with Gasteiger partial charge in [0.1, 0.15) is 12.7 Å². The number of unbranched alkanes of at least 4 members (excludes halogenated alkanes) is 27. The highest BCUT2D eigenvalue weighted by molar-refractivity contribution is 7.47. The summed E-state index contributed by atoms with van der Waals surface area (Å²) in [6.45, 7) is 4.48. The quantitative estimate of drug-likeness (QED) is 0.0197. The van der Waals surface area contributed by atoms with Gasteiger partial charge in [0.15, 0.2) is 6.10 Å². The molecule has 78 heavy (non-hydrogen) atoms. The lowest BCUT2D eigenvalue weighted by Crippen LogP contribution is -2.30. The molecular formula is C66H115O11P. The smallest absolute Gasteiger partial charge is 0.462 e. The summed E-state index contributed by atoms with van der Waals surface area (Å²) in [6.07, 6.45) is 69.5. The summed E-state index contributed by atoms with van der Waals surface area (Å²) in [4.78, 5) is 48.7. The summed E-state index contributed by atoms with van der Waals surface area (Å²) in [5.41, 5.74) is 0. The van der Waals surface area contributed by atoms with Gasteiger partial charge in [0.25, 0.3) is 0 Å². The molecule has 0 aromatic heterocycles. The Hall–Kier alpha value is -3.34. The van der Waals surface area contributed by atoms with Gasteiger partial charge in [-0.3, -0.25) is 23.4 Å². The zero-order valence-corrected chi connectivity index (χ0v) is 50.8. The number of hydrogen-bond donors (Lipinski definition) is 2. The van der Waals surface area contributed by atoms with Gasteiger partial charge in [0.05, 0.1) is 19.8 Å². The topological polar surface area (TPSA) is 155 Å². The lowest BCUT2D eigenvalue weighted by atomic mass is 10.1. The van der Waals surface area contributed by atoms with Crippen molar-refractivity contribution >= 4 is 25.7 Å². The molecule has 3 unspecified atom stereocenters. The van der Waals surface area contributed by atoms with E-state index in [9.17, 15) is 28.9 Å². The van der Waals surface area contributed by atoms with Gasteiger partial charge in [0, 0.05) is 19.3 Å². The van der Waals surface area contributed by atoms with Crippen molar-refractivity contribution in [3.05, 3.63) is 85.1 Å². The van der Waals surface area contributed by atoms with E-state index in [0.717, 1.165) is 135 Å². The van der Waals surface area contributed by atoms with E-state index < -0.39 is 57.8 Å². The minimum atomic E-state index is -4.76. The fourth-order valence-corrected chi connectivity index (χ4v) is 9.27. The Bertz CT molecular complexity index is 1630. The standard InChI is InChI=1S/C66H115O11P/c1-4-7-10-13-16-19-22-25-28-30-31-33-35-37-40-43-46-49-52-55-64(68)73-59-63(77-66(70)57-54-51-48-45-42-39-36-32-29-26-23-20-17-14-11-8-5-2)61-75-78(71,72)74-60-62(58-67)76-65(69)56-53-50-47-44-41-38-34-27-24-21-18-15-12-9-6-3/h8,11,16-21,25-29,34,62-63,67H,4-7,9-10,12-15,22-24,30-33,35-61H2,1-3H3,(H,71,72)/b11-8-,19-16-,20-17-,21-18-,28-25-,29-26-,34-27-. The largest absolute Gasteiger partial charge is 0.472 e. The first-order valence-corrected chi connectivity index (χ1v) is 33.0. The Morgan fingerprint density at radius 1 is 0.372 bits per heavy atom. The summed E-state index contributed by atoms with van der Waals surface area (Å²) in [7, 11) is -4.76. The van der Waals surface area contributed by atoms with Crippen LogP contribution < -0.4 is 0 Å². The Balaban J connectivity index is 4.73. The van der Waals surface area contributed by atoms with E-state index in [0.29, 0.717) is 19.3 Å². The number of rotatable bonds is 58. The van der Waals surface area contributed by atoms with Crippen LogP contribution in [0.15, 0.2) is 85.1 Å². The predicted octanol–water partition coefficient (Wildman–Crippen LogP) is 19.0. The number of carbonyl (C=O) groups excluding carboxylic acids is 3. The molecule has 0 aliphatic rings. The van der Waals surface area contributed by atoms with Crippen molar-refractivity contribution in [1.29, 1.82) is 0 Å². The fraction of sp³-hybridized carbons (Fsp3) is 0.742. The molecule has 0 aliphatic carbocycles. The third-order valence-electron chi connectivity index (χ3n) is 13.3. The molecule has 12 heteroatoms. The number of phosphoric acid groups is 1. The monoisotopic (exact) mass is 1110 g/mol. The SMILES string of the molecule is CC/C=C\C/C=C\C/C=C\CCCCCCCCCC(=O)OC(COC(=O)CCCCCCCCCCC/C=C\C/C=C\CCCCC)COP(=O)(O)OCC(CO)OC(=O)CCCCCCC/C=C\C/C=C\CCCCC. The molecule has 0 spiro atoms. The molecule has 0 radical (unpaired) electrons. The van der Waals surface area contributed by atoms with Crippen LogP contribution in [0.5, 0.6) is 0 Å². The van der Waals surface area contributed by atoms with E-state index in [1.54, 1.807) is 0 Å². The van der Waals surface area contributed by atoms with Gasteiger partial charge in [-0.15, -0.1) is 0 Å². The van der Waals surface area contributed by atoms with Gasteiger partial charge >= 0.3 is 25.7 Å². The molecule has 0 aromatic rings. The van der Waals surface area contributed by atoms with Crippen LogP contribution in [-0.4, -0.2) is 66.5 Å². The second-order valence-corrected chi connectivity index (χ2v) is 22.3. The van der Waals surface area contributed by atoms with Crippen LogP contribution in [0, 0.1) is 0 Å². The number of aliphatic hydroxyl groups excluding tert-OH is 1.